The van der Waals surface area contributed by atoms with Crippen molar-refractivity contribution in [2.75, 3.05) is 6.54 Å². The van der Waals surface area contributed by atoms with E-state index < -0.39 is 11.9 Å². The summed E-state index contributed by atoms with van der Waals surface area (Å²) < 4.78 is 0. The van der Waals surface area contributed by atoms with Gasteiger partial charge in [-0.05, 0) is 13.3 Å². The number of aromatic nitrogens is 2. The lowest BCUT2D eigenvalue weighted by Gasteiger charge is -2.01. The Morgan fingerprint density at radius 1 is 1.62 bits per heavy atom. The van der Waals surface area contributed by atoms with Crippen LogP contribution in [0.15, 0.2) is 18.5 Å². The molecular formula is C10H13N3O3. The average molecular weight is 223 g/mol. The highest BCUT2D eigenvalue weighted by atomic mass is 16.4. The number of hydrogen-bond donors (Lipinski definition) is 3. The normalized spacial score (nSPS) is 10.6. The molecule has 0 fully saturated rings. The maximum atomic E-state index is 11.5. The molecule has 0 spiro atoms. The third kappa shape index (κ3) is 2.94. The number of aromatic carboxylic acids is 1. The number of imidazole rings is 1. The molecule has 86 valence electrons. The van der Waals surface area contributed by atoms with Crippen LogP contribution in [-0.4, -0.2) is 33.5 Å². The van der Waals surface area contributed by atoms with Crippen molar-refractivity contribution in [2.45, 2.75) is 13.3 Å². The predicted octanol–water partition coefficient (Wildman–Crippen LogP) is 0.804. The van der Waals surface area contributed by atoms with Gasteiger partial charge in [-0.3, -0.25) is 4.79 Å². The highest BCUT2D eigenvalue weighted by molar-refractivity contribution is 6.02. The number of hydrogen-bond acceptors (Lipinski definition) is 3. The van der Waals surface area contributed by atoms with Crippen LogP contribution < -0.4 is 5.32 Å². The van der Waals surface area contributed by atoms with Crippen LogP contribution in [-0.2, 0) is 0 Å². The molecule has 0 saturated carbocycles. The van der Waals surface area contributed by atoms with Gasteiger partial charge in [-0.1, -0.05) is 12.2 Å². The Morgan fingerprint density at radius 3 is 3.00 bits per heavy atom. The van der Waals surface area contributed by atoms with Crippen molar-refractivity contribution in [1.29, 1.82) is 0 Å². The lowest BCUT2D eigenvalue weighted by atomic mass is 10.3. The van der Waals surface area contributed by atoms with Gasteiger partial charge in [0, 0.05) is 6.54 Å². The highest BCUT2D eigenvalue weighted by Crippen LogP contribution is 2.02. The number of amides is 1. The zero-order valence-electron chi connectivity index (χ0n) is 8.86. The van der Waals surface area contributed by atoms with Gasteiger partial charge in [0.1, 0.15) is 0 Å². The SMILES string of the molecule is C/C=C/CCNC(=O)c1nc[nH]c1C(=O)O. The van der Waals surface area contributed by atoms with Crippen LogP contribution in [0.2, 0.25) is 0 Å². The Hall–Kier alpha value is -2.11. The second kappa shape index (κ2) is 5.69. The summed E-state index contributed by atoms with van der Waals surface area (Å²) >= 11 is 0. The monoisotopic (exact) mass is 223 g/mol. The van der Waals surface area contributed by atoms with Crippen LogP contribution in [0.3, 0.4) is 0 Å². The van der Waals surface area contributed by atoms with Crippen LogP contribution in [0.5, 0.6) is 0 Å². The number of H-pyrrole nitrogens is 1. The van der Waals surface area contributed by atoms with Gasteiger partial charge in [-0.2, -0.15) is 0 Å². The first kappa shape index (κ1) is 12.0. The van der Waals surface area contributed by atoms with Crippen LogP contribution in [0.1, 0.15) is 34.3 Å². The van der Waals surface area contributed by atoms with Gasteiger partial charge in [0.05, 0.1) is 6.33 Å². The first-order chi connectivity index (χ1) is 7.66. The summed E-state index contributed by atoms with van der Waals surface area (Å²) in [6.45, 7) is 2.34. The second-order valence-electron chi connectivity index (χ2n) is 3.04. The smallest absolute Gasteiger partial charge is 0.354 e. The minimum Gasteiger partial charge on any atom is -0.477 e. The zero-order chi connectivity index (χ0) is 12.0. The van der Waals surface area contributed by atoms with Gasteiger partial charge in [-0.15, -0.1) is 0 Å². The molecule has 0 aliphatic rings. The molecule has 0 radical (unpaired) electrons. The molecule has 1 heterocycles. The maximum absolute atomic E-state index is 11.5. The van der Waals surface area contributed by atoms with E-state index in [4.69, 9.17) is 5.11 Å². The molecule has 0 aliphatic carbocycles. The van der Waals surface area contributed by atoms with E-state index in [0.717, 1.165) is 0 Å². The number of aromatic amines is 1. The van der Waals surface area contributed by atoms with E-state index in [1.54, 1.807) is 0 Å². The lowest BCUT2D eigenvalue weighted by molar-refractivity contribution is 0.0685. The van der Waals surface area contributed by atoms with Crippen molar-refractivity contribution in [3.63, 3.8) is 0 Å². The molecule has 0 bridgehead atoms. The van der Waals surface area contributed by atoms with Crippen molar-refractivity contribution in [1.82, 2.24) is 15.3 Å². The molecule has 0 atom stereocenters. The Balaban J connectivity index is 2.59. The molecule has 1 aromatic rings. The lowest BCUT2D eigenvalue weighted by Crippen LogP contribution is -2.26. The third-order valence-corrected chi connectivity index (χ3v) is 1.90. The molecule has 0 aromatic carbocycles. The van der Waals surface area contributed by atoms with Crippen LogP contribution in [0, 0.1) is 0 Å². The highest BCUT2D eigenvalue weighted by Gasteiger charge is 2.18. The van der Waals surface area contributed by atoms with E-state index in [2.05, 4.69) is 15.3 Å². The maximum Gasteiger partial charge on any atom is 0.354 e. The molecule has 0 unspecified atom stereocenters. The minimum atomic E-state index is -1.20. The fourth-order valence-electron chi connectivity index (χ4n) is 1.15. The predicted molar refractivity (Wildman–Crippen MR) is 57.3 cm³/mol. The quantitative estimate of drug-likeness (QED) is 0.508. The number of nitrogens with zero attached hydrogens (tertiary/aromatic N) is 1. The number of carbonyl (C=O) groups excluding carboxylic acids is 1. The number of nitrogens with one attached hydrogen (secondary N) is 2. The van der Waals surface area contributed by atoms with Gasteiger partial charge < -0.3 is 15.4 Å². The van der Waals surface area contributed by atoms with Crippen molar-refractivity contribution < 1.29 is 14.7 Å². The molecule has 3 N–H and O–H groups in total. The Morgan fingerprint density at radius 2 is 2.38 bits per heavy atom. The minimum absolute atomic E-state index is 0.0898. The number of rotatable bonds is 5. The topological polar surface area (TPSA) is 95.1 Å². The van der Waals surface area contributed by atoms with E-state index in [-0.39, 0.29) is 11.4 Å². The summed E-state index contributed by atoms with van der Waals surface area (Å²) in [6.07, 6.45) is 5.67. The second-order valence-corrected chi connectivity index (χ2v) is 3.04. The fourth-order valence-corrected chi connectivity index (χ4v) is 1.15. The van der Waals surface area contributed by atoms with Gasteiger partial charge in [0.2, 0.25) is 0 Å². The fraction of sp³-hybridized carbons (Fsp3) is 0.300. The number of allylic oxidation sites excluding steroid dienone is 1. The third-order valence-electron chi connectivity index (χ3n) is 1.90. The van der Waals surface area contributed by atoms with Gasteiger partial charge in [0.25, 0.3) is 5.91 Å². The van der Waals surface area contributed by atoms with Crippen molar-refractivity contribution in [3.8, 4) is 0 Å². The van der Waals surface area contributed by atoms with E-state index in [1.807, 2.05) is 19.1 Å². The first-order valence-electron chi connectivity index (χ1n) is 4.82. The summed E-state index contributed by atoms with van der Waals surface area (Å²) in [5.74, 6) is -1.68. The standard InChI is InChI=1S/C10H13N3O3/c1-2-3-4-5-11-9(14)7-8(10(15)16)13-6-12-7/h2-3,6H,4-5H2,1H3,(H,11,14)(H,12,13)(H,15,16)/b3-2+. The molecule has 1 amide bonds. The van der Waals surface area contributed by atoms with Gasteiger partial charge >= 0.3 is 5.97 Å². The average Bonchev–Trinajstić information content (AvgIpc) is 2.73. The molecule has 0 saturated heterocycles. The number of carboxylic acids is 1. The summed E-state index contributed by atoms with van der Waals surface area (Å²) in [4.78, 5) is 28.3. The Bertz CT molecular complexity index is 409. The molecule has 1 rings (SSSR count). The Kier molecular flexibility index (Phi) is 4.26. The molecule has 6 nitrogen and oxygen atoms in total. The summed E-state index contributed by atoms with van der Waals surface area (Å²) in [6, 6.07) is 0. The Labute approximate surface area is 92.4 Å². The van der Waals surface area contributed by atoms with E-state index in [1.165, 1.54) is 6.33 Å². The van der Waals surface area contributed by atoms with Crippen molar-refractivity contribution in [3.05, 3.63) is 29.9 Å². The largest absolute Gasteiger partial charge is 0.477 e. The van der Waals surface area contributed by atoms with Crippen molar-refractivity contribution in [2.24, 2.45) is 0 Å². The van der Waals surface area contributed by atoms with Crippen LogP contribution >= 0.6 is 0 Å². The molecular weight excluding hydrogens is 210 g/mol. The van der Waals surface area contributed by atoms with E-state index in [0.29, 0.717) is 13.0 Å². The van der Waals surface area contributed by atoms with Gasteiger partial charge in [0.15, 0.2) is 11.4 Å². The number of carboxylic acid groups (broad SMARTS) is 1. The summed E-state index contributed by atoms with van der Waals surface area (Å²) in [7, 11) is 0. The van der Waals surface area contributed by atoms with E-state index >= 15 is 0 Å². The molecule has 0 aliphatic heterocycles. The number of carbonyl (C=O) groups is 2. The molecule has 1 aromatic heterocycles. The van der Waals surface area contributed by atoms with Crippen LogP contribution in [0.4, 0.5) is 0 Å². The summed E-state index contributed by atoms with van der Waals surface area (Å²) in [5.41, 5.74) is -0.281. The van der Waals surface area contributed by atoms with Gasteiger partial charge in [-0.25, -0.2) is 9.78 Å². The van der Waals surface area contributed by atoms with E-state index in [9.17, 15) is 9.59 Å². The molecule has 6 heteroatoms. The van der Waals surface area contributed by atoms with Crippen molar-refractivity contribution >= 4 is 11.9 Å². The zero-order valence-corrected chi connectivity index (χ0v) is 8.86. The van der Waals surface area contributed by atoms with Crippen LogP contribution in [0.25, 0.3) is 0 Å². The molecule has 16 heavy (non-hydrogen) atoms. The first-order valence-corrected chi connectivity index (χ1v) is 4.82. The summed E-state index contributed by atoms with van der Waals surface area (Å²) in [5, 5.41) is 11.3.